The maximum absolute atomic E-state index is 12.8. The lowest BCUT2D eigenvalue weighted by Gasteiger charge is -2.16. The number of hydrogen-bond donors (Lipinski definition) is 1. The summed E-state index contributed by atoms with van der Waals surface area (Å²) in [5.74, 6) is -0.156. The maximum atomic E-state index is 12.8. The van der Waals surface area contributed by atoms with Crippen molar-refractivity contribution in [2.24, 2.45) is 0 Å². The first-order valence-electron chi connectivity index (χ1n) is 8.60. The molecule has 3 aromatic rings. The van der Waals surface area contributed by atoms with Gasteiger partial charge in [0.05, 0.1) is 5.69 Å². The van der Waals surface area contributed by atoms with E-state index in [9.17, 15) is 13.9 Å². The molecule has 7 heteroatoms. The fourth-order valence-electron chi connectivity index (χ4n) is 2.76. The highest BCUT2D eigenvalue weighted by atomic mass is 35.5. The molecule has 0 aliphatic rings. The fraction of sp³-hybridized carbons (Fsp3) is 0.238. The van der Waals surface area contributed by atoms with E-state index < -0.39 is 12.2 Å². The number of benzene rings is 1. The molecule has 0 atom stereocenters. The number of aliphatic hydroxyl groups is 1. The first-order chi connectivity index (χ1) is 13.2. The Hall–Kier alpha value is -2.57. The molecular formula is C21H19ClF2N2O2. The molecule has 0 amide bonds. The van der Waals surface area contributed by atoms with Crippen LogP contribution in [0.3, 0.4) is 0 Å². The number of aromatic nitrogens is 2. The van der Waals surface area contributed by atoms with Gasteiger partial charge in [0, 0.05) is 29.4 Å². The summed E-state index contributed by atoms with van der Waals surface area (Å²) in [6.07, 6.45) is 3.67. The molecule has 1 N–H and O–H groups in total. The third kappa shape index (κ3) is 5.03. The molecular weight excluding hydrogens is 386 g/mol. The third-order valence-corrected chi connectivity index (χ3v) is 4.34. The van der Waals surface area contributed by atoms with Crippen LogP contribution in [0.5, 0.6) is 5.88 Å². The van der Waals surface area contributed by atoms with Gasteiger partial charge in [-0.15, -0.1) is 0 Å². The van der Waals surface area contributed by atoms with Gasteiger partial charge in [0.1, 0.15) is 5.60 Å². The molecule has 0 unspecified atom stereocenters. The van der Waals surface area contributed by atoms with Crippen molar-refractivity contribution in [3.05, 3.63) is 76.7 Å². The molecule has 0 bridgehead atoms. The highest BCUT2D eigenvalue weighted by molar-refractivity contribution is 6.30. The van der Waals surface area contributed by atoms with Crippen molar-refractivity contribution in [1.82, 2.24) is 9.97 Å². The van der Waals surface area contributed by atoms with Gasteiger partial charge in [-0.3, -0.25) is 4.98 Å². The molecule has 0 radical (unpaired) electrons. The molecule has 0 saturated heterocycles. The summed E-state index contributed by atoms with van der Waals surface area (Å²) < 4.78 is 30.1. The zero-order valence-corrected chi connectivity index (χ0v) is 16.1. The van der Waals surface area contributed by atoms with Gasteiger partial charge in [-0.1, -0.05) is 29.8 Å². The number of rotatable bonds is 6. The van der Waals surface area contributed by atoms with Crippen molar-refractivity contribution in [3.8, 4) is 17.0 Å². The Bertz CT molecular complexity index is 957. The summed E-state index contributed by atoms with van der Waals surface area (Å²) in [6.45, 7) is 0.352. The minimum Gasteiger partial charge on any atom is -0.416 e. The van der Waals surface area contributed by atoms with Crippen LogP contribution >= 0.6 is 11.6 Å². The molecule has 1 aromatic carbocycles. The molecule has 4 nitrogen and oxygen atoms in total. The topological polar surface area (TPSA) is 55.2 Å². The van der Waals surface area contributed by atoms with E-state index in [1.54, 1.807) is 56.4 Å². The molecule has 3 rings (SSSR count). The van der Waals surface area contributed by atoms with Gasteiger partial charge in [0.15, 0.2) is 0 Å². The second kappa shape index (κ2) is 8.20. The predicted octanol–water partition coefficient (Wildman–Crippen LogP) is 5.22. The number of alkyl halides is 2. The second-order valence-corrected chi connectivity index (χ2v) is 7.31. The number of ether oxygens (including phenoxy) is 1. The lowest BCUT2D eigenvalue weighted by atomic mass is 10.0. The molecule has 146 valence electrons. The number of halogens is 3. The monoisotopic (exact) mass is 404 g/mol. The highest BCUT2D eigenvalue weighted by Gasteiger charge is 2.18. The maximum Gasteiger partial charge on any atom is 0.388 e. The molecule has 0 fully saturated rings. The molecule has 2 aromatic heterocycles. The molecule has 0 saturated carbocycles. The SMILES string of the molecule is CC(C)(O)c1ccc(Cc2cnc(OC(F)F)c(-c3cccc(Cl)c3)c2)cn1. The van der Waals surface area contributed by atoms with Crippen molar-refractivity contribution in [2.45, 2.75) is 32.5 Å². The van der Waals surface area contributed by atoms with E-state index in [0.717, 1.165) is 11.1 Å². The Morgan fingerprint density at radius 1 is 1.07 bits per heavy atom. The van der Waals surface area contributed by atoms with Crippen LogP contribution in [0.1, 0.15) is 30.7 Å². The Balaban J connectivity index is 1.93. The van der Waals surface area contributed by atoms with E-state index in [2.05, 4.69) is 14.7 Å². The van der Waals surface area contributed by atoms with E-state index in [-0.39, 0.29) is 5.88 Å². The zero-order chi connectivity index (χ0) is 20.3. The van der Waals surface area contributed by atoms with Crippen LogP contribution in [-0.4, -0.2) is 21.7 Å². The number of nitrogens with zero attached hydrogens (tertiary/aromatic N) is 2. The van der Waals surface area contributed by atoms with Crippen LogP contribution in [0, 0.1) is 0 Å². The standard InChI is InChI=1S/C21H19ClF2N2O2/c1-21(2,27)18-7-6-13(11-25-18)8-14-9-17(15-4-3-5-16(22)10-15)19(26-12-14)28-20(23)24/h3-7,9-12,20,27H,8H2,1-2H3. The van der Waals surface area contributed by atoms with Crippen LogP contribution in [0.25, 0.3) is 11.1 Å². The van der Waals surface area contributed by atoms with Gasteiger partial charge in [-0.2, -0.15) is 8.78 Å². The lowest BCUT2D eigenvalue weighted by molar-refractivity contribution is -0.0524. The first-order valence-corrected chi connectivity index (χ1v) is 8.97. The second-order valence-electron chi connectivity index (χ2n) is 6.87. The summed E-state index contributed by atoms with van der Waals surface area (Å²) in [7, 11) is 0. The van der Waals surface area contributed by atoms with Crippen molar-refractivity contribution < 1.29 is 18.6 Å². The molecule has 0 aliphatic carbocycles. The minimum absolute atomic E-state index is 0.156. The summed E-state index contributed by atoms with van der Waals surface area (Å²) in [5, 5.41) is 10.5. The summed E-state index contributed by atoms with van der Waals surface area (Å²) in [4.78, 5) is 8.36. The molecule has 28 heavy (non-hydrogen) atoms. The average Bonchev–Trinajstić information content (AvgIpc) is 2.62. The third-order valence-electron chi connectivity index (χ3n) is 4.10. The van der Waals surface area contributed by atoms with E-state index in [1.165, 1.54) is 6.20 Å². The normalized spacial score (nSPS) is 11.7. The van der Waals surface area contributed by atoms with E-state index in [0.29, 0.717) is 28.3 Å². The van der Waals surface area contributed by atoms with Crippen molar-refractivity contribution >= 4 is 11.6 Å². The highest BCUT2D eigenvalue weighted by Crippen LogP contribution is 2.32. The summed E-state index contributed by atoms with van der Waals surface area (Å²) in [6, 6.07) is 12.2. The molecule has 2 heterocycles. The van der Waals surface area contributed by atoms with E-state index in [4.69, 9.17) is 11.6 Å². The van der Waals surface area contributed by atoms with Crippen LogP contribution in [-0.2, 0) is 12.0 Å². The lowest BCUT2D eigenvalue weighted by Crippen LogP contribution is -2.17. The van der Waals surface area contributed by atoms with Gasteiger partial charge in [-0.05, 0) is 54.8 Å². The van der Waals surface area contributed by atoms with Gasteiger partial charge in [0.2, 0.25) is 5.88 Å². The molecule has 0 aliphatic heterocycles. The Labute approximate surface area is 166 Å². The van der Waals surface area contributed by atoms with Crippen molar-refractivity contribution in [1.29, 1.82) is 0 Å². The number of hydrogen-bond acceptors (Lipinski definition) is 4. The van der Waals surface area contributed by atoms with Crippen LogP contribution in [0.15, 0.2) is 54.9 Å². The number of pyridine rings is 2. The van der Waals surface area contributed by atoms with E-state index >= 15 is 0 Å². The van der Waals surface area contributed by atoms with Crippen molar-refractivity contribution in [3.63, 3.8) is 0 Å². The first kappa shape index (κ1) is 20.2. The van der Waals surface area contributed by atoms with E-state index in [1.807, 2.05) is 6.07 Å². The quantitative estimate of drug-likeness (QED) is 0.612. The van der Waals surface area contributed by atoms with Gasteiger partial charge in [-0.25, -0.2) is 4.98 Å². The Morgan fingerprint density at radius 3 is 2.43 bits per heavy atom. The van der Waals surface area contributed by atoms with Crippen LogP contribution in [0.4, 0.5) is 8.78 Å². The Kier molecular flexibility index (Phi) is 5.91. The van der Waals surface area contributed by atoms with Crippen molar-refractivity contribution in [2.75, 3.05) is 0 Å². The van der Waals surface area contributed by atoms with Gasteiger partial charge >= 0.3 is 6.61 Å². The minimum atomic E-state index is -2.98. The Morgan fingerprint density at radius 2 is 1.82 bits per heavy atom. The van der Waals surface area contributed by atoms with Gasteiger partial charge < -0.3 is 9.84 Å². The zero-order valence-electron chi connectivity index (χ0n) is 15.4. The largest absolute Gasteiger partial charge is 0.416 e. The van der Waals surface area contributed by atoms with Gasteiger partial charge in [0.25, 0.3) is 0 Å². The fourth-order valence-corrected chi connectivity index (χ4v) is 2.95. The average molecular weight is 405 g/mol. The smallest absolute Gasteiger partial charge is 0.388 e. The van der Waals surface area contributed by atoms with Crippen LogP contribution < -0.4 is 4.74 Å². The predicted molar refractivity (Wildman–Crippen MR) is 104 cm³/mol. The summed E-state index contributed by atoms with van der Waals surface area (Å²) in [5.41, 5.74) is 2.31. The summed E-state index contributed by atoms with van der Waals surface area (Å²) >= 11 is 6.04. The van der Waals surface area contributed by atoms with Crippen LogP contribution in [0.2, 0.25) is 5.02 Å². The molecule has 0 spiro atoms.